The molecule has 1 saturated heterocycles. The maximum Gasteiger partial charge on any atom is 0.167 e. The van der Waals surface area contributed by atoms with Crippen LogP contribution in [0.25, 0.3) is 0 Å². The molecule has 0 aromatic heterocycles. The van der Waals surface area contributed by atoms with Gasteiger partial charge in [0.05, 0.1) is 25.4 Å². The predicted octanol–water partition coefficient (Wildman–Crippen LogP) is -0.747. The first kappa shape index (κ1) is 7.48. The lowest BCUT2D eigenvalue weighted by Crippen LogP contribution is -2.39. The summed E-state index contributed by atoms with van der Waals surface area (Å²) in [6.07, 6.45) is -0.424. The molecule has 0 spiro atoms. The molecule has 10 heavy (non-hydrogen) atoms. The van der Waals surface area contributed by atoms with Gasteiger partial charge in [-0.15, -0.1) is 0 Å². The molecule has 0 aliphatic carbocycles. The van der Waals surface area contributed by atoms with Crippen molar-refractivity contribution in [3.63, 3.8) is 0 Å². The van der Waals surface area contributed by atoms with Crippen LogP contribution in [0.1, 0.15) is 0 Å². The second-order valence-corrected chi connectivity index (χ2v) is 2.14. The molecular formula is C6H10N2O2. The number of hydrogen-bond acceptors (Lipinski definition) is 4. The molecule has 2 N–H and O–H groups in total. The first-order valence-electron chi connectivity index (χ1n) is 3.19. The zero-order valence-electron chi connectivity index (χ0n) is 5.62. The van der Waals surface area contributed by atoms with Gasteiger partial charge >= 0.3 is 0 Å². The lowest BCUT2D eigenvalue weighted by Gasteiger charge is -2.24. The Bertz CT molecular complexity index is 135. The number of hydrogen-bond donors (Lipinski definition) is 1. The smallest absolute Gasteiger partial charge is 0.167 e. The minimum Gasteiger partial charge on any atom is -0.371 e. The van der Waals surface area contributed by atoms with E-state index in [0.29, 0.717) is 19.8 Å². The van der Waals surface area contributed by atoms with Crippen molar-refractivity contribution >= 4 is 0 Å². The summed E-state index contributed by atoms with van der Waals surface area (Å²) in [5.41, 5.74) is 5.30. The van der Waals surface area contributed by atoms with Gasteiger partial charge in [-0.1, -0.05) is 0 Å². The van der Waals surface area contributed by atoms with Gasteiger partial charge in [-0.05, 0) is 0 Å². The highest BCUT2D eigenvalue weighted by atomic mass is 16.6. The maximum absolute atomic E-state index is 8.36. The Morgan fingerprint density at radius 1 is 1.50 bits per heavy atom. The summed E-state index contributed by atoms with van der Waals surface area (Å²) < 4.78 is 10.2. The molecule has 0 unspecified atom stereocenters. The molecule has 0 aromatic rings. The highest BCUT2D eigenvalue weighted by Gasteiger charge is 2.19. The molecule has 1 fully saturated rings. The molecule has 1 heterocycles. The van der Waals surface area contributed by atoms with E-state index in [2.05, 4.69) is 0 Å². The first-order valence-corrected chi connectivity index (χ1v) is 3.19. The Morgan fingerprint density at radius 2 is 2.30 bits per heavy atom. The van der Waals surface area contributed by atoms with Crippen molar-refractivity contribution in [3.05, 3.63) is 0 Å². The van der Waals surface area contributed by atoms with Gasteiger partial charge in [0.1, 0.15) is 0 Å². The van der Waals surface area contributed by atoms with Gasteiger partial charge in [0.2, 0.25) is 0 Å². The number of nitrogens with zero attached hydrogens (tertiary/aromatic N) is 1. The van der Waals surface area contributed by atoms with Gasteiger partial charge in [-0.2, -0.15) is 5.26 Å². The topological polar surface area (TPSA) is 68.3 Å². The van der Waals surface area contributed by atoms with Crippen LogP contribution in [-0.2, 0) is 9.47 Å². The average Bonchev–Trinajstić information content (AvgIpc) is 2.05. The zero-order valence-corrected chi connectivity index (χ0v) is 5.62. The molecular weight excluding hydrogens is 132 g/mol. The van der Waals surface area contributed by atoms with Crippen molar-refractivity contribution < 1.29 is 9.47 Å². The summed E-state index contributed by atoms with van der Waals surface area (Å²) in [5, 5.41) is 8.36. The van der Waals surface area contributed by atoms with Gasteiger partial charge in [-0.25, -0.2) is 0 Å². The van der Waals surface area contributed by atoms with E-state index in [9.17, 15) is 0 Å². The maximum atomic E-state index is 8.36. The average molecular weight is 142 g/mol. The Balaban J connectivity index is 2.25. The Hall–Kier alpha value is -0.630. The summed E-state index contributed by atoms with van der Waals surface area (Å²) in [4.78, 5) is 0. The molecule has 0 aromatic carbocycles. The second-order valence-electron chi connectivity index (χ2n) is 2.14. The molecule has 4 nitrogen and oxygen atoms in total. The predicted molar refractivity (Wildman–Crippen MR) is 34.1 cm³/mol. The minimum atomic E-state index is -0.400. The molecule has 0 amide bonds. The molecule has 4 heteroatoms. The Morgan fingerprint density at radius 3 is 2.70 bits per heavy atom. The van der Waals surface area contributed by atoms with Gasteiger partial charge in [0.25, 0.3) is 0 Å². The van der Waals surface area contributed by atoms with Crippen LogP contribution in [0.5, 0.6) is 0 Å². The number of rotatable bonds is 1. The van der Waals surface area contributed by atoms with Gasteiger partial charge in [0, 0.05) is 6.54 Å². The minimum absolute atomic E-state index is 0.0235. The monoisotopic (exact) mass is 142 g/mol. The van der Waals surface area contributed by atoms with Crippen molar-refractivity contribution in [3.8, 4) is 6.07 Å². The third kappa shape index (κ3) is 1.67. The molecule has 56 valence electrons. The molecule has 0 bridgehead atoms. The summed E-state index contributed by atoms with van der Waals surface area (Å²) >= 11 is 0. The van der Waals surface area contributed by atoms with Crippen LogP contribution < -0.4 is 5.73 Å². The number of nitrogens with two attached hydrogens (primary N) is 1. The highest BCUT2D eigenvalue weighted by molar-refractivity contribution is 4.86. The molecule has 0 saturated carbocycles. The third-order valence-electron chi connectivity index (χ3n) is 1.37. The van der Waals surface area contributed by atoms with Crippen LogP contribution in [0.4, 0.5) is 0 Å². The zero-order chi connectivity index (χ0) is 7.40. The van der Waals surface area contributed by atoms with Crippen molar-refractivity contribution in [1.29, 1.82) is 5.26 Å². The van der Waals surface area contributed by atoms with E-state index in [1.165, 1.54) is 0 Å². The van der Waals surface area contributed by atoms with Gasteiger partial charge < -0.3 is 15.2 Å². The van der Waals surface area contributed by atoms with E-state index >= 15 is 0 Å². The Labute approximate surface area is 59.5 Å². The molecule has 1 rings (SSSR count). The van der Waals surface area contributed by atoms with Crippen molar-refractivity contribution in [2.24, 2.45) is 5.73 Å². The fourth-order valence-corrected chi connectivity index (χ4v) is 0.754. The van der Waals surface area contributed by atoms with Crippen LogP contribution in [0, 0.1) is 11.3 Å². The summed E-state index contributed by atoms with van der Waals surface area (Å²) in [6, 6.07) is 1.96. The molecule has 2 atom stereocenters. The standard InChI is InChI=1S/C6H10N2O2/c7-1-5-3-10-6(2-8)4-9-5/h5-6H,1,3-4,7H2/t5-,6-/m1/s1. The fourth-order valence-electron chi connectivity index (χ4n) is 0.754. The molecule has 0 radical (unpaired) electrons. The molecule has 1 aliphatic heterocycles. The van der Waals surface area contributed by atoms with E-state index in [-0.39, 0.29) is 6.10 Å². The summed E-state index contributed by atoms with van der Waals surface area (Å²) in [7, 11) is 0. The first-order chi connectivity index (χ1) is 4.86. The van der Waals surface area contributed by atoms with Crippen LogP contribution >= 0.6 is 0 Å². The van der Waals surface area contributed by atoms with E-state index in [0.717, 1.165) is 0 Å². The van der Waals surface area contributed by atoms with E-state index in [4.69, 9.17) is 20.5 Å². The third-order valence-corrected chi connectivity index (χ3v) is 1.37. The number of ether oxygens (including phenoxy) is 2. The van der Waals surface area contributed by atoms with Crippen LogP contribution in [0.15, 0.2) is 0 Å². The largest absolute Gasteiger partial charge is 0.371 e. The summed E-state index contributed by atoms with van der Waals surface area (Å²) in [5.74, 6) is 0. The Kier molecular flexibility index (Phi) is 2.63. The summed E-state index contributed by atoms with van der Waals surface area (Å²) in [6.45, 7) is 1.24. The van der Waals surface area contributed by atoms with Crippen molar-refractivity contribution in [2.45, 2.75) is 12.2 Å². The fraction of sp³-hybridized carbons (Fsp3) is 0.833. The van der Waals surface area contributed by atoms with Crippen LogP contribution in [0.3, 0.4) is 0 Å². The quantitative estimate of drug-likeness (QED) is 0.523. The van der Waals surface area contributed by atoms with Crippen molar-refractivity contribution in [1.82, 2.24) is 0 Å². The SMILES string of the molecule is N#C[C@@H]1CO[C@H](CN)CO1. The van der Waals surface area contributed by atoms with Crippen molar-refractivity contribution in [2.75, 3.05) is 19.8 Å². The number of nitriles is 1. The second kappa shape index (κ2) is 3.52. The lowest BCUT2D eigenvalue weighted by molar-refractivity contribution is -0.109. The van der Waals surface area contributed by atoms with Gasteiger partial charge in [-0.3, -0.25) is 0 Å². The van der Waals surface area contributed by atoms with Crippen LogP contribution in [0.2, 0.25) is 0 Å². The van der Waals surface area contributed by atoms with Gasteiger partial charge in [0.15, 0.2) is 6.10 Å². The van der Waals surface area contributed by atoms with E-state index in [1.54, 1.807) is 0 Å². The highest BCUT2D eigenvalue weighted by Crippen LogP contribution is 2.04. The lowest BCUT2D eigenvalue weighted by atomic mass is 10.3. The normalized spacial score (nSPS) is 33.2. The molecule has 1 aliphatic rings. The van der Waals surface area contributed by atoms with Crippen LogP contribution in [-0.4, -0.2) is 32.0 Å². The van der Waals surface area contributed by atoms with E-state index < -0.39 is 6.10 Å². The van der Waals surface area contributed by atoms with E-state index in [1.807, 2.05) is 6.07 Å².